The zero-order valence-electron chi connectivity index (χ0n) is 20.5. The third-order valence-corrected chi connectivity index (χ3v) is 10.2. The molecule has 6 nitrogen and oxygen atoms in total. The number of amides is 1. The summed E-state index contributed by atoms with van der Waals surface area (Å²) in [6, 6.07) is 12.7. The van der Waals surface area contributed by atoms with Crippen LogP contribution in [-0.2, 0) is 15.4 Å². The molecule has 2 aliphatic carbocycles. The minimum absolute atomic E-state index is 0.0250. The first kappa shape index (κ1) is 24.7. The molecule has 1 spiro atoms. The van der Waals surface area contributed by atoms with Crippen molar-refractivity contribution in [2.45, 2.75) is 74.6 Å². The number of nitrogens with one attached hydrogen (secondary N) is 2. The number of carbonyl (C=O) groups is 1. The lowest BCUT2D eigenvalue weighted by Crippen LogP contribution is -2.40. The standard InChI is InChI=1S/C27H35N3O3S2/c1-19(20-8-6-9-20)29-35(32,33)23-11-7-10-21(16-23)26(31)30-18-27(14-4-3-5-15-27)24-17-22(28-34-2)12-13-25(24)30/h7,10-13,16-17,19-20,28-29H,3-6,8-9,14-15,18H2,1-2H3. The van der Waals surface area contributed by atoms with Crippen LogP contribution < -0.4 is 14.3 Å². The van der Waals surface area contributed by atoms with Gasteiger partial charge in [-0.25, -0.2) is 13.1 Å². The summed E-state index contributed by atoms with van der Waals surface area (Å²) in [5, 5.41) is 0. The predicted molar refractivity (Wildman–Crippen MR) is 144 cm³/mol. The summed E-state index contributed by atoms with van der Waals surface area (Å²) >= 11 is 1.56. The molecular formula is C27H35N3O3S2. The maximum atomic E-state index is 13.8. The van der Waals surface area contributed by atoms with Gasteiger partial charge >= 0.3 is 0 Å². The van der Waals surface area contributed by atoms with E-state index in [1.165, 1.54) is 30.9 Å². The molecule has 1 atom stereocenters. The van der Waals surface area contributed by atoms with E-state index >= 15 is 0 Å². The lowest BCUT2D eigenvalue weighted by atomic mass is 9.70. The summed E-state index contributed by atoms with van der Waals surface area (Å²) in [6.07, 6.45) is 11.0. The minimum Gasteiger partial charge on any atom is -0.330 e. The minimum atomic E-state index is -3.69. The fraction of sp³-hybridized carbons (Fsp3) is 0.519. The van der Waals surface area contributed by atoms with Crippen LogP contribution in [0.2, 0.25) is 0 Å². The molecule has 3 aliphatic rings. The van der Waals surface area contributed by atoms with Crippen molar-refractivity contribution < 1.29 is 13.2 Å². The summed E-state index contributed by atoms with van der Waals surface area (Å²) in [5.74, 6) is 0.260. The largest absolute Gasteiger partial charge is 0.330 e. The van der Waals surface area contributed by atoms with E-state index in [1.807, 2.05) is 30.2 Å². The molecule has 0 saturated heterocycles. The van der Waals surface area contributed by atoms with Crippen molar-refractivity contribution in [2.24, 2.45) is 5.92 Å². The summed E-state index contributed by atoms with van der Waals surface area (Å²) in [4.78, 5) is 15.8. The molecule has 8 heteroatoms. The third kappa shape index (κ3) is 4.72. The predicted octanol–water partition coefficient (Wildman–Crippen LogP) is 5.71. The number of rotatable bonds is 7. The Hall–Kier alpha value is -2.03. The molecule has 0 aromatic heterocycles. The second-order valence-electron chi connectivity index (χ2n) is 10.4. The van der Waals surface area contributed by atoms with E-state index in [4.69, 9.17) is 0 Å². The lowest BCUT2D eigenvalue weighted by Gasteiger charge is -2.34. The number of hydrogen-bond donors (Lipinski definition) is 2. The first-order chi connectivity index (χ1) is 16.8. The Morgan fingerprint density at radius 1 is 1.09 bits per heavy atom. The van der Waals surface area contributed by atoms with Gasteiger partial charge in [0.2, 0.25) is 10.0 Å². The van der Waals surface area contributed by atoms with Crippen LogP contribution in [-0.4, -0.2) is 33.2 Å². The van der Waals surface area contributed by atoms with Crippen LogP contribution in [0.5, 0.6) is 0 Å². The van der Waals surface area contributed by atoms with Gasteiger partial charge in [-0.1, -0.05) is 43.7 Å². The Morgan fingerprint density at radius 2 is 1.86 bits per heavy atom. The molecule has 2 aromatic rings. The molecule has 35 heavy (non-hydrogen) atoms. The molecule has 2 aromatic carbocycles. The SMILES string of the molecule is CSNc1ccc2c(c1)C1(CCCCC1)CN2C(=O)c1cccc(S(=O)(=O)NC(C)C2CCC2)c1. The molecular weight excluding hydrogens is 478 g/mol. The van der Waals surface area contributed by atoms with Crippen LogP contribution in [0.25, 0.3) is 0 Å². The molecule has 5 rings (SSSR count). The van der Waals surface area contributed by atoms with Crippen molar-refractivity contribution >= 4 is 39.3 Å². The Balaban J connectivity index is 1.44. The molecule has 0 bridgehead atoms. The summed E-state index contributed by atoms with van der Waals surface area (Å²) < 4.78 is 32.3. The zero-order chi connectivity index (χ0) is 24.6. The molecule has 1 heterocycles. The second-order valence-corrected chi connectivity index (χ2v) is 12.7. The van der Waals surface area contributed by atoms with Gasteiger partial charge in [-0.05, 0) is 80.5 Å². The first-order valence-corrected chi connectivity index (χ1v) is 15.4. The van der Waals surface area contributed by atoms with Crippen molar-refractivity contribution in [1.29, 1.82) is 0 Å². The average Bonchev–Trinajstić information content (AvgIpc) is 3.11. The number of sulfonamides is 1. The average molecular weight is 514 g/mol. The number of hydrogen-bond acceptors (Lipinski definition) is 5. The highest BCUT2D eigenvalue weighted by Gasteiger charge is 2.45. The Morgan fingerprint density at radius 3 is 2.54 bits per heavy atom. The van der Waals surface area contributed by atoms with E-state index in [0.717, 1.165) is 43.5 Å². The summed E-state index contributed by atoms with van der Waals surface area (Å²) in [5.41, 5.74) is 3.63. The van der Waals surface area contributed by atoms with Crippen LogP contribution in [0, 0.1) is 5.92 Å². The van der Waals surface area contributed by atoms with Gasteiger partial charge in [0.25, 0.3) is 5.91 Å². The normalized spacial score (nSPS) is 20.3. The van der Waals surface area contributed by atoms with Crippen LogP contribution in [0.15, 0.2) is 47.4 Å². The molecule has 1 unspecified atom stereocenters. The molecule has 2 saturated carbocycles. The van der Waals surface area contributed by atoms with E-state index < -0.39 is 10.0 Å². The highest BCUT2D eigenvalue weighted by Crippen LogP contribution is 2.50. The molecule has 2 N–H and O–H groups in total. The highest BCUT2D eigenvalue weighted by molar-refractivity contribution is 7.99. The number of nitrogens with zero attached hydrogens (tertiary/aromatic N) is 1. The zero-order valence-corrected chi connectivity index (χ0v) is 22.2. The Labute approximate surface area is 213 Å². The summed E-state index contributed by atoms with van der Waals surface area (Å²) in [6.45, 7) is 2.58. The maximum absolute atomic E-state index is 13.8. The third-order valence-electron chi connectivity index (χ3n) is 8.18. The fourth-order valence-electron chi connectivity index (χ4n) is 5.99. The van der Waals surface area contributed by atoms with Gasteiger partial charge in [-0.2, -0.15) is 0 Å². The van der Waals surface area contributed by atoms with Crippen molar-refractivity contribution in [3.63, 3.8) is 0 Å². The van der Waals surface area contributed by atoms with Crippen LogP contribution in [0.4, 0.5) is 11.4 Å². The summed E-state index contributed by atoms with van der Waals surface area (Å²) in [7, 11) is -3.69. The van der Waals surface area contributed by atoms with Gasteiger partial charge in [0.15, 0.2) is 0 Å². The van der Waals surface area contributed by atoms with Gasteiger partial charge in [0, 0.05) is 41.2 Å². The van der Waals surface area contributed by atoms with Crippen LogP contribution in [0.3, 0.4) is 0 Å². The van der Waals surface area contributed by atoms with Gasteiger partial charge in [-0.15, -0.1) is 0 Å². The number of fused-ring (bicyclic) bond motifs is 2. The van der Waals surface area contributed by atoms with E-state index in [2.05, 4.69) is 15.5 Å². The number of benzene rings is 2. The molecule has 1 amide bonds. The van der Waals surface area contributed by atoms with Gasteiger partial charge in [-0.3, -0.25) is 4.79 Å². The smallest absolute Gasteiger partial charge is 0.258 e. The maximum Gasteiger partial charge on any atom is 0.258 e. The number of anilines is 2. The Kier molecular flexibility index (Phi) is 6.90. The molecule has 2 fully saturated rings. The number of carbonyl (C=O) groups excluding carboxylic acids is 1. The molecule has 188 valence electrons. The quantitative estimate of drug-likeness (QED) is 0.464. The van der Waals surface area contributed by atoms with E-state index in [9.17, 15) is 13.2 Å². The fourth-order valence-corrected chi connectivity index (χ4v) is 7.71. The van der Waals surface area contributed by atoms with Crippen molar-refractivity contribution in [3.8, 4) is 0 Å². The lowest BCUT2D eigenvalue weighted by molar-refractivity contribution is 0.0982. The monoisotopic (exact) mass is 513 g/mol. The van der Waals surface area contributed by atoms with Gasteiger partial charge < -0.3 is 9.62 Å². The Bertz CT molecular complexity index is 1200. The van der Waals surface area contributed by atoms with E-state index in [0.29, 0.717) is 18.0 Å². The van der Waals surface area contributed by atoms with Crippen molar-refractivity contribution in [2.75, 3.05) is 22.4 Å². The van der Waals surface area contributed by atoms with Crippen LogP contribution >= 0.6 is 11.9 Å². The van der Waals surface area contributed by atoms with Gasteiger partial charge in [0.1, 0.15) is 0 Å². The van der Waals surface area contributed by atoms with Gasteiger partial charge in [0.05, 0.1) is 4.90 Å². The molecule has 1 aliphatic heterocycles. The van der Waals surface area contributed by atoms with E-state index in [-0.39, 0.29) is 22.3 Å². The first-order valence-electron chi connectivity index (χ1n) is 12.7. The van der Waals surface area contributed by atoms with Crippen molar-refractivity contribution in [3.05, 3.63) is 53.6 Å². The molecule has 0 radical (unpaired) electrons. The second kappa shape index (κ2) is 9.79. The van der Waals surface area contributed by atoms with E-state index in [1.54, 1.807) is 30.1 Å². The highest BCUT2D eigenvalue weighted by atomic mass is 32.2. The van der Waals surface area contributed by atoms with Crippen LogP contribution in [0.1, 0.15) is 74.2 Å². The van der Waals surface area contributed by atoms with Crippen molar-refractivity contribution in [1.82, 2.24) is 4.72 Å². The topological polar surface area (TPSA) is 78.5 Å².